The quantitative estimate of drug-likeness (QED) is 0.293. The highest BCUT2D eigenvalue weighted by Gasteiger charge is 2.12. The van der Waals surface area contributed by atoms with Crippen molar-refractivity contribution in [3.63, 3.8) is 0 Å². The number of para-hydroxylation sites is 2. The van der Waals surface area contributed by atoms with Crippen LogP contribution in [-0.2, 0) is 4.79 Å². The van der Waals surface area contributed by atoms with Gasteiger partial charge < -0.3 is 14.5 Å². The lowest BCUT2D eigenvalue weighted by molar-refractivity contribution is -0.118. The molecule has 1 aromatic heterocycles. The van der Waals surface area contributed by atoms with Gasteiger partial charge in [-0.25, -0.2) is 4.98 Å². The molecule has 1 N–H and O–H groups in total. The molecule has 0 unspecified atom stereocenters. The number of halogens is 3. The first-order valence-corrected chi connectivity index (χ1v) is 10.7. The Labute approximate surface area is 204 Å². The normalized spacial score (nSPS) is 11.3. The maximum atomic E-state index is 12.2. The second-order valence-electron chi connectivity index (χ2n) is 6.81. The number of allylic oxidation sites excluding steroid dienone is 1. The van der Waals surface area contributed by atoms with Crippen LogP contribution in [0.4, 0.5) is 5.69 Å². The monoisotopic (exact) mass is 497 g/mol. The Kier molecular flexibility index (Phi) is 6.85. The van der Waals surface area contributed by atoms with Crippen molar-refractivity contribution in [3.05, 3.63) is 87.2 Å². The standard InChI is InChI=1S/C24H14Cl3N3O3/c25-17-7-6-16(11-18(17)26)29-23(31)13-32-21-8-5-14(10-19(21)27)9-15(12-28)24-30-20-3-1-2-4-22(20)33-24/h1-11H,13H2,(H,29,31). The SMILES string of the molecule is N#CC(=Cc1ccc(OCC(=O)Nc2ccc(Cl)c(Cl)c2)c(Cl)c1)c1nc2ccccc2o1. The van der Waals surface area contributed by atoms with Gasteiger partial charge in [-0.3, -0.25) is 4.79 Å². The maximum Gasteiger partial charge on any atom is 0.262 e. The molecule has 33 heavy (non-hydrogen) atoms. The van der Waals surface area contributed by atoms with Crippen molar-refractivity contribution in [3.8, 4) is 11.8 Å². The third-order valence-corrected chi connectivity index (χ3v) is 5.51. The molecule has 0 spiro atoms. The topological polar surface area (TPSA) is 88.1 Å². The van der Waals surface area contributed by atoms with Crippen molar-refractivity contribution in [2.75, 3.05) is 11.9 Å². The van der Waals surface area contributed by atoms with Crippen LogP contribution in [0.5, 0.6) is 5.75 Å². The Morgan fingerprint density at radius 3 is 2.61 bits per heavy atom. The number of hydrogen-bond donors (Lipinski definition) is 1. The zero-order valence-corrected chi connectivity index (χ0v) is 19.1. The Hall–Kier alpha value is -3.50. The molecular weight excluding hydrogens is 485 g/mol. The molecule has 164 valence electrons. The first-order chi connectivity index (χ1) is 15.9. The Bertz CT molecular complexity index is 1390. The van der Waals surface area contributed by atoms with Crippen molar-refractivity contribution in [1.82, 2.24) is 4.98 Å². The minimum atomic E-state index is -0.392. The smallest absolute Gasteiger partial charge is 0.262 e. The second kappa shape index (κ2) is 9.97. The van der Waals surface area contributed by atoms with Crippen LogP contribution in [-0.4, -0.2) is 17.5 Å². The van der Waals surface area contributed by atoms with Crippen LogP contribution in [0.15, 0.2) is 65.1 Å². The van der Waals surface area contributed by atoms with Gasteiger partial charge in [0.2, 0.25) is 5.89 Å². The fourth-order valence-corrected chi connectivity index (χ4v) is 3.48. The summed E-state index contributed by atoms with van der Waals surface area (Å²) < 4.78 is 11.2. The molecule has 0 aliphatic rings. The summed E-state index contributed by atoms with van der Waals surface area (Å²) in [5.74, 6) is 0.142. The fraction of sp³-hybridized carbons (Fsp3) is 0.0417. The number of carbonyl (C=O) groups is 1. The van der Waals surface area contributed by atoms with E-state index in [0.29, 0.717) is 38.1 Å². The van der Waals surface area contributed by atoms with Crippen molar-refractivity contribution in [1.29, 1.82) is 5.26 Å². The van der Waals surface area contributed by atoms with Crippen molar-refractivity contribution in [2.45, 2.75) is 0 Å². The number of benzene rings is 3. The van der Waals surface area contributed by atoms with Gasteiger partial charge >= 0.3 is 0 Å². The van der Waals surface area contributed by atoms with Crippen LogP contribution in [0.25, 0.3) is 22.7 Å². The third-order valence-electron chi connectivity index (χ3n) is 4.47. The molecule has 9 heteroatoms. The van der Waals surface area contributed by atoms with Gasteiger partial charge in [-0.2, -0.15) is 5.26 Å². The van der Waals surface area contributed by atoms with E-state index < -0.39 is 5.91 Å². The Balaban J connectivity index is 1.44. The number of carbonyl (C=O) groups excluding carboxylic acids is 1. The van der Waals surface area contributed by atoms with E-state index in [-0.39, 0.29) is 23.1 Å². The van der Waals surface area contributed by atoms with E-state index >= 15 is 0 Å². The van der Waals surface area contributed by atoms with Gasteiger partial charge in [-0.05, 0) is 54.1 Å². The summed E-state index contributed by atoms with van der Waals surface area (Å²) in [7, 11) is 0. The molecule has 4 aromatic rings. The molecule has 6 nitrogen and oxygen atoms in total. The third kappa shape index (κ3) is 5.47. The number of nitrogens with one attached hydrogen (secondary N) is 1. The first kappa shape index (κ1) is 22.7. The summed E-state index contributed by atoms with van der Waals surface area (Å²) in [5.41, 5.74) is 2.64. The molecule has 0 saturated carbocycles. The van der Waals surface area contributed by atoms with E-state index in [0.717, 1.165) is 0 Å². The van der Waals surface area contributed by atoms with Crippen LogP contribution in [0.2, 0.25) is 15.1 Å². The molecule has 0 bridgehead atoms. The average molecular weight is 499 g/mol. The number of rotatable bonds is 6. The predicted molar refractivity (Wildman–Crippen MR) is 130 cm³/mol. The van der Waals surface area contributed by atoms with Gasteiger partial charge in [0.25, 0.3) is 5.91 Å². The predicted octanol–water partition coefficient (Wildman–Crippen LogP) is 6.87. The van der Waals surface area contributed by atoms with Gasteiger partial charge in [0.15, 0.2) is 12.2 Å². The van der Waals surface area contributed by atoms with Crippen molar-refractivity contribution >= 4 is 69.1 Å². The summed E-state index contributed by atoms with van der Waals surface area (Å²) in [5, 5.41) is 13.2. The van der Waals surface area contributed by atoms with Gasteiger partial charge in [0.1, 0.15) is 22.9 Å². The molecule has 3 aromatic carbocycles. The van der Waals surface area contributed by atoms with E-state index in [1.54, 1.807) is 54.6 Å². The highest BCUT2D eigenvalue weighted by molar-refractivity contribution is 6.42. The zero-order chi connectivity index (χ0) is 23.4. The summed E-state index contributed by atoms with van der Waals surface area (Å²) in [6.45, 7) is -0.262. The number of nitrogens with zero attached hydrogens (tertiary/aromatic N) is 2. The minimum Gasteiger partial charge on any atom is -0.482 e. The molecule has 0 aliphatic heterocycles. The van der Waals surface area contributed by atoms with Crippen molar-refractivity contribution < 1.29 is 13.9 Å². The van der Waals surface area contributed by atoms with Gasteiger partial charge in [0, 0.05) is 5.69 Å². The molecule has 1 amide bonds. The van der Waals surface area contributed by atoms with Crippen LogP contribution in [0.3, 0.4) is 0 Å². The van der Waals surface area contributed by atoms with E-state index in [2.05, 4.69) is 16.4 Å². The number of aromatic nitrogens is 1. The number of hydrogen-bond acceptors (Lipinski definition) is 5. The van der Waals surface area contributed by atoms with E-state index in [1.165, 1.54) is 0 Å². The summed E-state index contributed by atoms with van der Waals surface area (Å²) in [6, 6.07) is 19.0. The summed E-state index contributed by atoms with van der Waals surface area (Å²) >= 11 is 18.1. The molecule has 0 aliphatic carbocycles. The van der Waals surface area contributed by atoms with Crippen molar-refractivity contribution in [2.24, 2.45) is 0 Å². The van der Waals surface area contributed by atoms with E-state index in [1.807, 2.05) is 12.1 Å². The molecule has 4 rings (SSSR count). The first-order valence-electron chi connectivity index (χ1n) is 9.58. The molecular formula is C24H14Cl3N3O3. The number of nitriles is 1. The average Bonchev–Trinajstić information content (AvgIpc) is 3.23. The van der Waals surface area contributed by atoms with Crippen LogP contribution in [0, 0.1) is 11.3 Å². The number of anilines is 1. The van der Waals surface area contributed by atoms with Crippen LogP contribution < -0.4 is 10.1 Å². The van der Waals surface area contributed by atoms with Gasteiger partial charge in [-0.1, -0.05) is 53.0 Å². The minimum absolute atomic E-state index is 0.217. The number of ether oxygens (including phenoxy) is 1. The lowest BCUT2D eigenvalue weighted by Gasteiger charge is -2.10. The highest BCUT2D eigenvalue weighted by Crippen LogP contribution is 2.29. The van der Waals surface area contributed by atoms with E-state index in [9.17, 15) is 10.1 Å². The largest absolute Gasteiger partial charge is 0.482 e. The van der Waals surface area contributed by atoms with E-state index in [4.69, 9.17) is 44.0 Å². The maximum absolute atomic E-state index is 12.2. The van der Waals surface area contributed by atoms with Crippen LogP contribution >= 0.6 is 34.8 Å². The molecule has 0 fully saturated rings. The molecule has 1 heterocycles. The highest BCUT2D eigenvalue weighted by atomic mass is 35.5. The lowest BCUT2D eigenvalue weighted by Crippen LogP contribution is -2.20. The summed E-state index contributed by atoms with van der Waals surface area (Å²) in [6.07, 6.45) is 1.61. The number of fused-ring (bicyclic) bond motifs is 1. The number of amides is 1. The molecule has 0 atom stereocenters. The second-order valence-corrected chi connectivity index (χ2v) is 8.03. The number of oxazole rings is 1. The fourth-order valence-electron chi connectivity index (χ4n) is 2.93. The molecule has 0 saturated heterocycles. The van der Waals surface area contributed by atoms with Gasteiger partial charge in [0.05, 0.1) is 15.1 Å². The zero-order valence-electron chi connectivity index (χ0n) is 16.8. The Morgan fingerprint density at radius 1 is 1.06 bits per heavy atom. The Morgan fingerprint density at radius 2 is 1.88 bits per heavy atom. The van der Waals surface area contributed by atoms with Gasteiger partial charge in [-0.15, -0.1) is 0 Å². The summed E-state index contributed by atoms with van der Waals surface area (Å²) in [4.78, 5) is 16.5. The molecule has 0 radical (unpaired) electrons. The lowest BCUT2D eigenvalue weighted by atomic mass is 10.1. The van der Waals surface area contributed by atoms with Crippen LogP contribution in [0.1, 0.15) is 11.5 Å².